The zero-order valence-corrected chi connectivity index (χ0v) is 9.41. The molecule has 1 N–H and O–H groups in total. The molecule has 1 fully saturated rings. The first kappa shape index (κ1) is 12.0. The summed E-state index contributed by atoms with van der Waals surface area (Å²) in [6.07, 6.45) is 5.47. The summed E-state index contributed by atoms with van der Waals surface area (Å²) < 4.78 is 0. The Bertz CT molecular complexity index is 108. The monoisotopic (exact) mass is 171 g/mol. The Morgan fingerprint density at radius 3 is 2.33 bits per heavy atom. The second-order valence-corrected chi connectivity index (χ2v) is 4.18. The SMILES string of the molecule is CC.CC1CCCCC(C)(C)N1. The molecule has 1 heteroatoms. The van der Waals surface area contributed by atoms with Gasteiger partial charge in [-0.05, 0) is 33.6 Å². The quantitative estimate of drug-likeness (QED) is 0.589. The van der Waals surface area contributed by atoms with Crippen molar-refractivity contribution in [2.24, 2.45) is 0 Å². The van der Waals surface area contributed by atoms with Crippen LogP contribution < -0.4 is 5.32 Å². The fraction of sp³-hybridized carbons (Fsp3) is 1.00. The summed E-state index contributed by atoms with van der Waals surface area (Å²) in [4.78, 5) is 0. The van der Waals surface area contributed by atoms with Gasteiger partial charge in [-0.2, -0.15) is 0 Å². The van der Waals surface area contributed by atoms with Gasteiger partial charge in [0.1, 0.15) is 0 Å². The van der Waals surface area contributed by atoms with Crippen LogP contribution in [0.5, 0.6) is 0 Å². The minimum absolute atomic E-state index is 0.385. The number of hydrogen-bond acceptors (Lipinski definition) is 1. The van der Waals surface area contributed by atoms with Gasteiger partial charge in [0, 0.05) is 11.6 Å². The Kier molecular flexibility index (Phi) is 5.56. The zero-order chi connectivity index (χ0) is 9.61. The Labute approximate surface area is 77.9 Å². The van der Waals surface area contributed by atoms with Gasteiger partial charge in [-0.25, -0.2) is 0 Å². The van der Waals surface area contributed by atoms with Crippen molar-refractivity contribution in [2.45, 2.75) is 71.9 Å². The first-order valence-electron chi connectivity index (χ1n) is 5.38. The largest absolute Gasteiger partial charge is 0.309 e. The van der Waals surface area contributed by atoms with E-state index in [9.17, 15) is 0 Å². The Morgan fingerprint density at radius 2 is 1.75 bits per heavy atom. The maximum absolute atomic E-state index is 3.62. The molecule has 1 heterocycles. The van der Waals surface area contributed by atoms with E-state index in [-0.39, 0.29) is 0 Å². The van der Waals surface area contributed by atoms with E-state index in [1.807, 2.05) is 13.8 Å². The van der Waals surface area contributed by atoms with Gasteiger partial charge in [0.05, 0.1) is 0 Å². The molecule has 1 aliphatic heterocycles. The highest BCUT2D eigenvalue weighted by Gasteiger charge is 2.21. The molecular weight excluding hydrogens is 146 g/mol. The van der Waals surface area contributed by atoms with Crippen molar-refractivity contribution < 1.29 is 0 Å². The van der Waals surface area contributed by atoms with Crippen LogP contribution in [0.1, 0.15) is 60.3 Å². The normalized spacial score (nSPS) is 28.2. The molecule has 0 amide bonds. The smallest absolute Gasteiger partial charge is 0.0127 e. The van der Waals surface area contributed by atoms with Gasteiger partial charge >= 0.3 is 0 Å². The lowest BCUT2D eigenvalue weighted by molar-refractivity contribution is 0.345. The lowest BCUT2D eigenvalue weighted by Crippen LogP contribution is -2.42. The van der Waals surface area contributed by atoms with E-state index in [0.717, 1.165) is 6.04 Å². The topological polar surface area (TPSA) is 12.0 Å². The van der Waals surface area contributed by atoms with Crippen LogP contribution in [0.2, 0.25) is 0 Å². The summed E-state index contributed by atoms with van der Waals surface area (Å²) in [7, 11) is 0. The second kappa shape index (κ2) is 5.58. The average Bonchev–Trinajstić information content (AvgIpc) is 2.14. The van der Waals surface area contributed by atoms with Gasteiger partial charge in [0.25, 0.3) is 0 Å². The molecule has 74 valence electrons. The van der Waals surface area contributed by atoms with Gasteiger partial charge in [-0.15, -0.1) is 0 Å². The maximum atomic E-state index is 3.62. The number of nitrogens with one attached hydrogen (secondary N) is 1. The van der Waals surface area contributed by atoms with Crippen molar-refractivity contribution in [3.63, 3.8) is 0 Å². The summed E-state index contributed by atoms with van der Waals surface area (Å²) in [5, 5.41) is 3.62. The number of hydrogen-bond donors (Lipinski definition) is 1. The minimum atomic E-state index is 0.385. The Morgan fingerprint density at radius 1 is 1.17 bits per heavy atom. The second-order valence-electron chi connectivity index (χ2n) is 4.18. The molecule has 0 aromatic carbocycles. The molecule has 1 aliphatic rings. The van der Waals surface area contributed by atoms with Crippen molar-refractivity contribution in [1.29, 1.82) is 0 Å². The summed E-state index contributed by atoms with van der Waals surface area (Å²) in [5.74, 6) is 0. The minimum Gasteiger partial charge on any atom is -0.309 e. The molecule has 0 spiro atoms. The van der Waals surface area contributed by atoms with E-state index in [0.29, 0.717) is 5.54 Å². The predicted molar refractivity (Wildman–Crippen MR) is 56.5 cm³/mol. The van der Waals surface area contributed by atoms with Crippen molar-refractivity contribution in [3.05, 3.63) is 0 Å². The van der Waals surface area contributed by atoms with Crippen LogP contribution in [0.25, 0.3) is 0 Å². The van der Waals surface area contributed by atoms with Crippen molar-refractivity contribution in [3.8, 4) is 0 Å². The molecule has 1 unspecified atom stereocenters. The molecule has 0 aromatic rings. The first-order chi connectivity index (χ1) is 5.60. The van der Waals surface area contributed by atoms with Crippen LogP contribution in [-0.2, 0) is 0 Å². The molecule has 1 rings (SSSR count). The van der Waals surface area contributed by atoms with Gasteiger partial charge in [0.2, 0.25) is 0 Å². The summed E-state index contributed by atoms with van der Waals surface area (Å²) >= 11 is 0. The van der Waals surface area contributed by atoms with Crippen LogP contribution in [0.4, 0.5) is 0 Å². The van der Waals surface area contributed by atoms with Gasteiger partial charge in [-0.1, -0.05) is 26.7 Å². The Hall–Kier alpha value is -0.0400. The van der Waals surface area contributed by atoms with Crippen LogP contribution in [0, 0.1) is 0 Å². The van der Waals surface area contributed by atoms with Crippen molar-refractivity contribution >= 4 is 0 Å². The maximum Gasteiger partial charge on any atom is 0.0127 e. The van der Waals surface area contributed by atoms with E-state index in [1.54, 1.807) is 0 Å². The lowest BCUT2D eigenvalue weighted by Gasteiger charge is -2.26. The standard InChI is InChI=1S/C9H19N.C2H6/c1-8-6-4-5-7-9(2,3)10-8;1-2/h8,10H,4-7H2,1-3H3;1-2H3. The van der Waals surface area contributed by atoms with Gasteiger partial charge in [-0.3, -0.25) is 0 Å². The van der Waals surface area contributed by atoms with Gasteiger partial charge < -0.3 is 5.32 Å². The van der Waals surface area contributed by atoms with E-state index in [4.69, 9.17) is 0 Å². The van der Waals surface area contributed by atoms with E-state index < -0.39 is 0 Å². The van der Waals surface area contributed by atoms with Gasteiger partial charge in [0.15, 0.2) is 0 Å². The number of rotatable bonds is 0. The lowest BCUT2D eigenvalue weighted by atomic mass is 9.99. The first-order valence-corrected chi connectivity index (χ1v) is 5.38. The van der Waals surface area contributed by atoms with Crippen LogP contribution in [-0.4, -0.2) is 11.6 Å². The molecule has 0 aromatic heterocycles. The van der Waals surface area contributed by atoms with E-state index in [1.165, 1.54) is 25.7 Å². The highest BCUT2D eigenvalue weighted by atomic mass is 15.0. The molecule has 1 nitrogen and oxygen atoms in total. The van der Waals surface area contributed by atoms with E-state index >= 15 is 0 Å². The molecule has 0 aliphatic carbocycles. The molecule has 0 radical (unpaired) electrons. The molecular formula is C11H25N. The fourth-order valence-corrected chi connectivity index (χ4v) is 1.83. The van der Waals surface area contributed by atoms with Crippen LogP contribution in [0.3, 0.4) is 0 Å². The van der Waals surface area contributed by atoms with E-state index in [2.05, 4.69) is 26.1 Å². The fourth-order valence-electron chi connectivity index (χ4n) is 1.83. The highest BCUT2D eigenvalue weighted by Crippen LogP contribution is 2.20. The van der Waals surface area contributed by atoms with Crippen molar-refractivity contribution in [2.75, 3.05) is 0 Å². The molecule has 0 bridgehead atoms. The summed E-state index contributed by atoms with van der Waals surface area (Å²) in [6, 6.07) is 0.720. The average molecular weight is 171 g/mol. The summed E-state index contributed by atoms with van der Waals surface area (Å²) in [5.41, 5.74) is 0.385. The third-order valence-electron chi connectivity index (χ3n) is 2.33. The van der Waals surface area contributed by atoms with Crippen molar-refractivity contribution in [1.82, 2.24) is 5.32 Å². The zero-order valence-electron chi connectivity index (χ0n) is 9.41. The molecule has 12 heavy (non-hydrogen) atoms. The predicted octanol–water partition coefficient (Wildman–Crippen LogP) is 3.34. The van der Waals surface area contributed by atoms with Crippen LogP contribution in [0.15, 0.2) is 0 Å². The molecule has 1 atom stereocenters. The third-order valence-corrected chi connectivity index (χ3v) is 2.33. The van der Waals surface area contributed by atoms with Crippen LogP contribution >= 0.6 is 0 Å². The Balaban J connectivity index is 0.000000561. The highest BCUT2D eigenvalue weighted by molar-refractivity contribution is 4.83. The molecule has 0 saturated carbocycles. The molecule has 1 saturated heterocycles. The summed E-state index contributed by atoms with van der Waals surface area (Å²) in [6.45, 7) is 10.9. The third kappa shape index (κ3) is 4.76.